The molecule has 0 saturated carbocycles. The first-order valence-corrected chi connectivity index (χ1v) is 9.22. The van der Waals surface area contributed by atoms with Crippen LogP contribution in [0.5, 0.6) is 0 Å². The molecule has 0 aliphatic heterocycles. The van der Waals surface area contributed by atoms with Gasteiger partial charge in [-0.1, -0.05) is 0 Å². The van der Waals surface area contributed by atoms with Gasteiger partial charge in [0.05, 0.1) is 25.0 Å². The maximum atomic E-state index is 4.29. The molecule has 0 amide bonds. The van der Waals surface area contributed by atoms with Gasteiger partial charge in [0.25, 0.3) is 0 Å². The molecule has 0 spiro atoms. The number of thiazole rings is 1. The van der Waals surface area contributed by atoms with Crippen molar-refractivity contribution in [2.45, 2.75) is 20.4 Å². The van der Waals surface area contributed by atoms with E-state index >= 15 is 0 Å². The Morgan fingerprint density at radius 1 is 1.23 bits per heavy atom. The van der Waals surface area contributed by atoms with E-state index in [0.717, 1.165) is 31.0 Å². The second-order valence-corrected chi connectivity index (χ2v) is 6.72. The van der Waals surface area contributed by atoms with E-state index in [2.05, 4.69) is 67.0 Å². The zero-order valence-corrected chi connectivity index (χ0v) is 17.6. The Balaban J connectivity index is 0.00000243. The minimum Gasteiger partial charge on any atom is -1.00 e. The second-order valence-electron chi connectivity index (χ2n) is 5.88. The number of halogens is 1. The fourth-order valence-electron chi connectivity index (χ4n) is 2.56. The summed E-state index contributed by atoms with van der Waals surface area (Å²) in [5.74, 6) is 0. The highest BCUT2D eigenvalue weighted by Gasteiger charge is 2.07. The number of benzene rings is 1. The lowest BCUT2D eigenvalue weighted by atomic mass is 10.2. The molecule has 2 aromatic heterocycles. The average Bonchev–Trinajstić information content (AvgIpc) is 3.23. The highest BCUT2D eigenvalue weighted by atomic mass is 79.9. The summed E-state index contributed by atoms with van der Waals surface area (Å²) in [5, 5.41) is 11.1. The molecule has 6 nitrogen and oxygen atoms in total. The molecule has 0 unspecified atom stereocenters. The highest BCUT2D eigenvalue weighted by molar-refractivity contribution is 7.13. The summed E-state index contributed by atoms with van der Waals surface area (Å²) in [6.45, 7) is 7.02. The number of rotatable bonds is 7. The Morgan fingerprint density at radius 2 is 2.00 bits per heavy atom. The van der Waals surface area contributed by atoms with Crippen LogP contribution in [0.15, 0.2) is 58.6 Å². The molecule has 8 heteroatoms. The van der Waals surface area contributed by atoms with Crippen LogP contribution in [-0.4, -0.2) is 22.6 Å². The van der Waals surface area contributed by atoms with Crippen LogP contribution in [0.3, 0.4) is 0 Å². The Kier molecular flexibility index (Phi) is 7.47. The van der Waals surface area contributed by atoms with Crippen molar-refractivity contribution in [1.29, 1.82) is 0 Å². The number of hydrogen-bond donors (Lipinski definition) is 0. The second kappa shape index (κ2) is 9.59. The van der Waals surface area contributed by atoms with Crippen LogP contribution in [0.1, 0.15) is 12.6 Å². The van der Waals surface area contributed by atoms with E-state index in [4.69, 9.17) is 0 Å². The molecule has 3 aromatic rings. The van der Waals surface area contributed by atoms with Gasteiger partial charge in [-0.2, -0.15) is 0 Å². The number of anilines is 1. The van der Waals surface area contributed by atoms with Crippen molar-refractivity contribution in [3.8, 4) is 0 Å². The molecule has 0 saturated heterocycles. The maximum Gasteiger partial charge on any atom is 0.243 e. The molecule has 0 aliphatic carbocycles. The lowest BCUT2D eigenvalue weighted by Crippen LogP contribution is -3.00. The minimum absolute atomic E-state index is 0. The first-order chi connectivity index (χ1) is 12.1. The topological polar surface area (TPSA) is 49.7 Å². The number of nitrogens with zero attached hydrogens (tertiary/aromatic N) is 6. The third-order valence-corrected chi connectivity index (χ3v) is 4.75. The van der Waals surface area contributed by atoms with Gasteiger partial charge in [0.1, 0.15) is 18.9 Å². The molecule has 138 valence electrons. The molecule has 0 fully saturated rings. The van der Waals surface area contributed by atoms with Crippen molar-refractivity contribution in [1.82, 2.24) is 9.55 Å². The largest absolute Gasteiger partial charge is 1.00 e. The van der Waals surface area contributed by atoms with Crippen LogP contribution in [0.2, 0.25) is 0 Å². The van der Waals surface area contributed by atoms with Gasteiger partial charge in [-0.3, -0.25) is 0 Å². The molecule has 0 bridgehead atoms. The Morgan fingerprint density at radius 3 is 2.58 bits per heavy atom. The van der Waals surface area contributed by atoms with Crippen molar-refractivity contribution in [2.75, 3.05) is 18.0 Å². The predicted molar refractivity (Wildman–Crippen MR) is 101 cm³/mol. The monoisotopic (exact) mass is 434 g/mol. The van der Waals surface area contributed by atoms with Gasteiger partial charge < -0.3 is 21.9 Å². The van der Waals surface area contributed by atoms with E-state index in [9.17, 15) is 0 Å². The van der Waals surface area contributed by atoms with E-state index in [1.807, 2.05) is 31.5 Å². The number of hydrogen-bond acceptors (Lipinski definition) is 5. The van der Waals surface area contributed by atoms with E-state index < -0.39 is 0 Å². The van der Waals surface area contributed by atoms with Gasteiger partial charge in [0.2, 0.25) is 11.5 Å². The predicted octanol–water partition coefficient (Wildman–Crippen LogP) is 1.02. The maximum absolute atomic E-state index is 4.29. The molecular weight excluding hydrogens is 412 g/mol. The van der Waals surface area contributed by atoms with Gasteiger partial charge >= 0.3 is 0 Å². The molecule has 2 heterocycles. The molecule has 1 aromatic carbocycles. The van der Waals surface area contributed by atoms with E-state index in [-0.39, 0.29) is 17.0 Å². The van der Waals surface area contributed by atoms with Crippen LogP contribution in [0.25, 0.3) is 0 Å². The minimum atomic E-state index is 0. The zero-order valence-electron chi connectivity index (χ0n) is 15.2. The smallest absolute Gasteiger partial charge is 0.243 e. The van der Waals surface area contributed by atoms with Gasteiger partial charge in [-0.25, -0.2) is 14.1 Å². The summed E-state index contributed by atoms with van der Waals surface area (Å²) in [6.07, 6.45) is 6.25. The fraction of sp³-hybridized carbons (Fsp3) is 0.333. The van der Waals surface area contributed by atoms with E-state index in [1.54, 1.807) is 0 Å². The lowest BCUT2D eigenvalue weighted by Gasteiger charge is -2.22. The van der Waals surface area contributed by atoms with Crippen molar-refractivity contribution in [3.05, 3.63) is 54.1 Å². The van der Waals surface area contributed by atoms with Gasteiger partial charge in [0, 0.05) is 17.6 Å². The van der Waals surface area contributed by atoms with Crippen LogP contribution < -0.4 is 26.4 Å². The van der Waals surface area contributed by atoms with Crippen molar-refractivity contribution < 1.29 is 21.5 Å². The normalized spacial score (nSPS) is 10.9. The summed E-state index contributed by atoms with van der Waals surface area (Å²) in [7, 11) is 2.04. The van der Waals surface area contributed by atoms with Gasteiger partial charge in [-0.05, 0) is 38.1 Å². The fourth-order valence-corrected chi connectivity index (χ4v) is 3.17. The molecule has 0 atom stereocenters. The summed E-state index contributed by atoms with van der Waals surface area (Å²) >= 11 is 1.50. The highest BCUT2D eigenvalue weighted by Crippen LogP contribution is 2.24. The first kappa shape index (κ1) is 20.3. The van der Waals surface area contributed by atoms with Crippen molar-refractivity contribution >= 4 is 27.8 Å². The van der Waals surface area contributed by atoms with Crippen LogP contribution in [0, 0.1) is 6.92 Å². The van der Waals surface area contributed by atoms with Crippen LogP contribution in [0.4, 0.5) is 16.5 Å². The summed E-state index contributed by atoms with van der Waals surface area (Å²) in [5.41, 5.74) is 3.01. The lowest BCUT2D eigenvalue weighted by molar-refractivity contribution is -0.671. The van der Waals surface area contributed by atoms with Crippen LogP contribution >= 0.6 is 11.3 Å². The third-order valence-electron chi connectivity index (χ3n) is 3.91. The molecule has 3 rings (SSSR count). The molecular formula is C18H23BrN6S. The van der Waals surface area contributed by atoms with Crippen molar-refractivity contribution in [3.63, 3.8) is 0 Å². The molecule has 0 N–H and O–H groups in total. The molecule has 0 radical (unpaired) electrons. The van der Waals surface area contributed by atoms with E-state index in [1.165, 1.54) is 17.0 Å². The number of azo groups is 1. The first-order valence-electron chi connectivity index (χ1n) is 8.34. The number of aryl methyl sites for hydroxylation is 2. The van der Waals surface area contributed by atoms with E-state index in [0.29, 0.717) is 5.13 Å². The van der Waals surface area contributed by atoms with Gasteiger partial charge in [0.15, 0.2) is 0 Å². The Hall–Kier alpha value is -2.06. The quantitative estimate of drug-likeness (QED) is 0.411. The Labute approximate surface area is 168 Å². The SMILES string of the molecule is CCN(CCn1cc[n+](C)c1)c1ccc(/N=N/c2nc(C)cs2)cc1.[Br-]. The zero-order chi connectivity index (χ0) is 17.6. The summed E-state index contributed by atoms with van der Waals surface area (Å²) in [4.78, 5) is 6.64. The summed E-state index contributed by atoms with van der Waals surface area (Å²) in [6, 6.07) is 8.19. The number of aromatic nitrogens is 3. The van der Waals surface area contributed by atoms with Gasteiger partial charge in [-0.15, -0.1) is 21.6 Å². The van der Waals surface area contributed by atoms with Crippen molar-refractivity contribution in [2.24, 2.45) is 17.3 Å². The number of likely N-dealkylation sites (N-methyl/N-ethyl adjacent to an activating group) is 1. The third kappa shape index (κ3) is 5.47. The molecule has 0 aliphatic rings. The average molecular weight is 435 g/mol. The summed E-state index contributed by atoms with van der Waals surface area (Å²) < 4.78 is 4.25. The number of imidazole rings is 1. The molecule has 26 heavy (non-hydrogen) atoms. The Bertz CT molecular complexity index is 840. The van der Waals surface area contributed by atoms with Crippen LogP contribution in [-0.2, 0) is 13.6 Å². The standard InChI is InChI=1S/C18H23N6S.BrH/c1-4-24(12-11-23-10-9-22(3)14-23)17-7-5-16(6-8-17)20-21-18-19-15(2)13-25-18;/h5-10,13-14H,4,11-12H2,1-3H3;1H/q+1;/p-1/b21-20+;.